The van der Waals surface area contributed by atoms with Gasteiger partial charge in [-0.05, 0) is 31.0 Å². The van der Waals surface area contributed by atoms with Gasteiger partial charge in [0.1, 0.15) is 11.3 Å². The van der Waals surface area contributed by atoms with Crippen LogP contribution in [-0.4, -0.2) is 33.2 Å². The summed E-state index contributed by atoms with van der Waals surface area (Å²) in [4.78, 5) is 32.6. The third kappa shape index (κ3) is 4.97. The van der Waals surface area contributed by atoms with Crippen molar-refractivity contribution in [3.05, 3.63) is 23.8 Å². The van der Waals surface area contributed by atoms with E-state index in [1.807, 2.05) is 0 Å². The lowest BCUT2D eigenvalue weighted by Gasteiger charge is -2.07. The number of benzene rings is 1. The number of hydrogen-bond donors (Lipinski definition) is 4. The van der Waals surface area contributed by atoms with Crippen molar-refractivity contribution in [2.75, 3.05) is 5.32 Å². The fourth-order valence-electron chi connectivity index (χ4n) is 1.57. The highest BCUT2D eigenvalue weighted by Crippen LogP contribution is 2.21. The summed E-state index contributed by atoms with van der Waals surface area (Å²) in [6.45, 7) is 0. The number of aliphatic carboxylic acids is 1. The molecule has 7 nitrogen and oxygen atoms in total. The molecule has 108 valence electrons. The maximum Gasteiger partial charge on any atom is 0.339 e. The van der Waals surface area contributed by atoms with E-state index in [0.717, 1.165) is 6.07 Å². The molecule has 0 saturated heterocycles. The summed E-state index contributed by atoms with van der Waals surface area (Å²) in [5, 5.41) is 29.1. The van der Waals surface area contributed by atoms with Crippen molar-refractivity contribution in [1.82, 2.24) is 0 Å². The molecule has 1 rings (SSSR count). The zero-order valence-electron chi connectivity index (χ0n) is 10.6. The number of nitrogens with one attached hydrogen (secondary N) is 1. The van der Waals surface area contributed by atoms with Crippen molar-refractivity contribution >= 4 is 23.5 Å². The molecule has 0 heterocycles. The maximum atomic E-state index is 11.6. The Bertz CT molecular complexity index is 526. The highest BCUT2D eigenvalue weighted by Gasteiger charge is 2.11. The van der Waals surface area contributed by atoms with Gasteiger partial charge in [0.05, 0.1) is 0 Å². The molecule has 4 N–H and O–H groups in total. The van der Waals surface area contributed by atoms with Gasteiger partial charge in [-0.25, -0.2) is 4.79 Å². The Morgan fingerprint density at radius 1 is 1.05 bits per heavy atom. The number of amides is 1. The predicted molar refractivity (Wildman–Crippen MR) is 69.8 cm³/mol. The molecule has 0 aliphatic carbocycles. The summed E-state index contributed by atoms with van der Waals surface area (Å²) < 4.78 is 0. The number of aromatic carboxylic acids is 1. The van der Waals surface area contributed by atoms with Crippen LogP contribution in [0.5, 0.6) is 5.75 Å². The van der Waals surface area contributed by atoms with Gasteiger partial charge in [-0.3, -0.25) is 9.59 Å². The number of carboxylic acid groups (broad SMARTS) is 2. The minimum atomic E-state index is -1.29. The van der Waals surface area contributed by atoms with Crippen molar-refractivity contribution in [3.8, 4) is 5.75 Å². The summed E-state index contributed by atoms with van der Waals surface area (Å²) in [6, 6.07) is 3.73. The van der Waals surface area contributed by atoms with Crippen molar-refractivity contribution < 1.29 is 29.7 Å². The Kier molecular flexibility index (Phi) is 5.52. The average Bonchev–Trinajstić information content (AvgIpc) is 2.36. The van der Waals surface area contributed by atoms with Gasteiger partial charge >= 0.3 is 11.9 Å². The van der Waals surface area contributed by atoms with Crippen LogP contribution in [0.1, 0.15) is 36.0 Å². The predicted octanol–water partition coefficient (Wildman–Crippen LogP) is 1.67. The number of carbonyl (C=O) groups is 3. The van der Waals surface area contributed by atoms with Gasteiger partial charge in [0.2, 0.25) is 5.91 Å². The number of carbonyl (C=O) groups excluding carboxylic acids is 1. The lowest BCUT2D eigenvalue weighted by molar-refractivity contribution is -0.137. The Morgan fingerprint density at radius 2 is 1.70 bits per heavy atom. The molecule has 1 aromatic carbocycles. The fourth-order valence-corrected chi connectivity index (χ4v) is 1.57. The van der Waals surface area contributed by atoms with E-state index in [1.54, 1.807) is 0 Å². The molecule has 0 bridgehead atoms. The Morgan fingerprint density at radius 3 is 2.30 bits per heavy atom. The number of carboxylic acids is 2. The van der Waals surface area contributed by atoms with Gasteiger partial charge in [0, 0.05) is 18.5 Å². The summed E-state index contributed by atoms with van der Waals surface area (Å²) >= 11 is 0. The third-order valence-electron chi connectivity index (χ3n) is 2.56. The van der Waals surface area contributed by atoms with Gasteiger partial charge in [0.15, 0.2) is 0 Å². The van der Waals surface area contributed by atoms with Crippen molar-refractivity contribution in [2.24, 2.45) is 0 Å². The summed E-state index contributed by atoms with van der Waals surface area (Å²) in [5.41, 5.74) is -0.0305. The van der Waals surface area contributed by atoms with Gasteiger partial charge in [0.25, 0.3) is 0 Å². The topological polar surface area (TPSA) is 124 Å². The number of rotatable bonds is 7. The SMILES string of the molecule is O=C(O)CCCCC(=O)Nc1ccc(O)c(C(=O)O)c1. The smallest absolute Gasteiger partial charge is 0.339 e. The number of aromatic hydroxyl groups is 1. The molecular weight excluding hydrogens is 266 g/mol. The van der Waals surface area contributed by atoms with Crippen LogP contribution in [0, 0.1) is 0 Å². The van der Waals surface area contributed by atoms with Crippen LogP contribution >= 0.6 is 0 Å². The molecule has 0 spiro atoms. The molecule has 7 heteroatoms. The maximum absolute atomic E-state index is 11.6. The van der Waals surface area contributed by atoms with E-state index in [0.29, 0.717) is 12.8 Å². The summed E-state index contributed by atoms with van der Waals surface area (Å²) in [5.74, 6) is -2.91. The minimum Gasteiger partial charge on any atom is -0.507 e. The van der Waals surface area contributed by atoms with E-state index in [2.05, 4.69) is 5.32 Å². The normalized spacial score (nSPS) is 10.0. The van der Waals surface area contributed by atoms with E-state index < -0.39 is 11.9 Å². The van der Waals surface area contributed by atoms with Gasteiger partial charge in [-0.15, -0.1) is 0 Å². The quantitative estimate of drug-likeness (QED) is 0.445. The highest BCUT2D eigenvalue weighted by molar-refractivity contribution is 5.95. The highest BCUT2D eigenvalue weighted by atomic mass is 16.4. The number of anilines is 1. The lowest BCUT2D eigenvalue weighted by atomic mass is 10.1. The monoisotopic (exact) mass is 281 g/mol. The van der Waals surface area contributed by atoms with Crippen LogP contribution in [0.2, 0.25) is 0 Å². The minimum absolute atomic E-state index is 0.00958. The van der Waals surface area contributed by atoms with Crippen LogP contribution in [-0.2, 0) is 9.59 Å². The van der Waals surface area contributed by atoms with Gasteiger partial charge in [-0.1, -0.05) is 0 Å². The number of unbranched alkanes of at least 4 members (excludes halogenated alkanes) is 1. The molecule has 0 saturated carbocycles. The molecule has 0 aromatic heterocycles. The average molecular weight is 281 g/mol. The second kappa shape index (κ2) is 7.13. The van der Waals surface area contributed by atoms with E-state index in [9.17, 15) is 19.5 Å². The Labute approximate surface area is 114 Å². The molecular formula is C13H15NO6. The van der Waals surface area contributed by atoms with Crippen LogP contribution in [0.25, 0.3) is 0 Å². The fraction of sp³-hybridized carbons (Fsp3) is 0.308. The van der Waals surface area contributed by atoms with E-state index in [-0.39, 0.29) is 35.7 Å². The molecule has 1 aromatic rings. The first-order valence-corrected chi connectivity index (χ1v) is 5.98. The molecule has 0 fully saturated rings. The van der Waals surface area contributed by atoms with Crippen LogP contribution in [0.15, 0.2) is 18.2 Å². The molecule has 0 atom stereocenters. The molecule has 0 unspecified atom stereocenters. The van der Waals surface area contributed by atoms with E-state index in [4.69, 9.17) is 10.2 Å². The van der Waals surface area contributed by atoms with Crippen LogP contribution in [0.3, 0.4) is 0 Å². The van der Waals surface area contributed by atoms with Crippen molar-refractivity contribution in [3.63, 3.8) is 0 Å². The van der Waals surface area contributed by atoms with Crippen LogP contribution in [0.4, 0.5) is 5.69 Å². The molecule has 20 heavy (non-hydrogen) atoms. The lowest BCUT2D eigenvalue weighted by Crippen LogP contribution is -2.12. The molecule has 0 aliphatic heterocycles. The Balaban J connectivity index is 2.52. The number of hydrogen-bond acceptors (Lipinski definition) is 4. The van der Waals surface area contributed by atoms with E-state index >= 15 is 0 Å². The zero-order valence-corrected chi connectivity index (χ0v) is 10.6. The first-order valence-electron chi connectivity index (χ1n) is 5.98. The number of phenols is 1. The van der Waals surface area contributed by atoms with E-state index in [1.165, 1.54) is 12.1 Å². The van der Waals surface area contributed by atoms with Gasteiger partial charge < -0.3 is 20.6 Å². The first kappa shape index (κ1) is 15.5. The summed E-state index contributed by atoms with van der Waals surface area (Å²) in [7, 11) is 0. The van der Waals surface area contributed by atoms with Crippen molar-refractivity contribution in [1.29, 1.82) is 0 Å². The Hall–Kier alpha value is -2.57. The zero-order chi connectivity index (χ0) is 15.1. The van der Waals surface area contributed by atoms with Gasteiger partial charge in [-0.2, -0.15) is 0 Å². The molecule has 1 amide bonds. The molecule has 0 radical (unpaired) electrons. The molecule has 0 aliphatic rings. The third-order valence-corrected chi connectivity index (χ3v) is 2.56. The second-order valence-corrected chi connectivity index (χ2v) is 4.19. The summed E-state index contributed by atoms with van der Waals surface area (Å²) in [6.07, 6.45) is 0.993. The largest absolute Gasteiger partial charge is 0.507 e. The van der Waals surface area contributed by atoms with Crippen molar-refractivity contribution in [2.45, 2.75) is 25.7 Å². The van der Waals surface area contributed by atoms with Crippen LogP contribution < -0.4 is 5.32 Å². The first-order chi connectivity index (χ1) is 9.40. The second-order valence-electron chi connectivity index (χ2n) is 4.19. The standard InChI is InChI=1S/C13H15NO6/c15-10-6-5-8(7-9(10)13(19)20)14-11(16)3-1-2-4-12(17)18/h5-7,15H,1-4H2,(H,14,16)(H,17,18)(H,19,20).